The van der Waals surface area contributed by atoms with Crippen LogP contribution in [0.5, 0.6) is 0 Å². The number of nitrogens with zero attached hydrogens (tertiary/aromatic N) is 2. The van der Waals surface area contributed by atoms with Crippen LogP contribution >= 0.6 is 0 Å². The molecule has 0 saturated carbocycles. The van der Waals surface area contributed by atoms with Crippen LogP contribution in [0.1, 0.15) is 24.8 Å². The molecule has 1 aromatic carbocycles. The maximum absolute atomic E-state index is 8.68. The Balaban J connectivity index is 2.00. The molecule has 2 rings (SSSR count). The smallest absolute Gasteiger partial charge is 0.0624 e. The fourth-order valence-electron chi connectivity index (χ4n) is 2.43. The number of piperidine rings is 1. The van der Waals surface area contributed by atoms with E-state index in [0.29, 0.717) is 5.92 Å². The molecule has 1 fully saturated rings. The van der Waals surface area contributed by atoms with Crippen molar-refractivity contribution in [1.82, 2.24) is 0 Å². The standard InChI is InChI=1S/C14H18N2/c1-12-4-2-3-5-14(12)16-10-7-13(6-9-15)8-11-16/h2-5,13H,6-8,10-11H2,1H3. The van der Waals surface area contributed by atoms with Gasteiger partial charge in [-0.3, -0.25) is 0 Å². The molecule has 1 heterocycles. The number of rotatable bonds is 2. The fraction of sp³-hybridized carbons (Fsp3) is 0.500. The van der Waals surface area contributed by atoms with Crippen molar-refractivity contribution in [2.75, 3.05) is 18.0 Å². The molecule has 1 aliphatic heterocycles. The van der Waals surface area contributed by atoms with Gasteiger partial charge in [-0.15, -0.1) is 0 Å². The Morgan fingerprint density at radius 2 is 2.00 bits per heavy atom. The lowest BCUT2D eigenvalue weighted by Crippen LogP contribution is -2.33. The van der Waals surface area contributed by atoms with Crippen LogP contribution in [0.25, 0.3) is 0 Å². The summed E-state index contributed by atoms with van der Waals surface area (Å²) in [4.78, 5) is 2.45. The van der Waals surface area contributed by atoms with Crippen LogP contribution < -0.4 is 4.90 Å². The van der Waals surface area contributed by atoms with Crippen molar-refractivity contribution in [2.45, 2.75) is 26.2 Å². The summed E-state index contributed by atoms with van der Waals surface area (Å²) in [5.74, 6) is 0.616. The summed E-state index contributed by atoms with van der Waals surface area (Å²) in [7, 11) is 0. The molecule has 0 unspecified atom stereocenters. The largest absolute Gasteiger partial charge is 0.371 e. The summed E-state index contributed by atoms with van der Waals surface area (Å²) in [5.41, 5.74) is 2.71. The van der Waals surface area contributed by atoms with Gasteiger partial charge in [0, 0.05) is 25.2 Å². The molecule has 0 radical (unpaired) electrons. The van der Waals surface area contributed by atoms with Gasteiger partial charge in [-0.2, -0.15) is 5.26 Å². The quantitative estimate of drug-likeness (QED) is 0.756. The van der Waals surface area contributed by atoms with Gasteiger partial charge in [0.2, 0.25) is 0 Å². The first-order valence-corrected chi connectivity index (χ1v) is 5.99. The van der Waals surface area contributed by atoms with Crippen molar-refractivity contribution in [1.29, 1.82) is 5.26 Å². The molecule has 0 bridgehead atoms. The van der Waals surface area contributed by atoms with E-state index < -0.39 is 0 Å². The van der Waals surface area contributed by atoms with Crippen LogP contribution in [0.3, 0.4) is 0 Å². The second kappa shape index (κ2) is 5.03. The Kier molecular flexibility index (Phi) is 3.46. The minimum Gasteiger partial charge on any atom is -0.371 e. The summed E-state index contributed by atoms with van der Waals surface area (Å²) >= 11 is 0. The molecule has 1 aromatic rings. The summed E-state index contributed by atoms with van der Waals surface area (Å²) in [6.07, 6.45) is 3.03. The maximum Gasteiger partial charge on any atom is 0.0624 e. The third-order valence-electron chi connectivity index (χ3n) is 3.45. The molecule has 84 valence electrons. The number of hydrogen-bond acceptors (Lipinski definition) is 2. The van der Waals surface area contributed by atoms with E-state index in [9.17, 15) is 0 Å². The van der Waals surface area contributed by atoms with E-state index in [4.69, 9.17) is 5.26 Å². The molecule has 16 heavy (non-hydrogen) atoms. The molecular weight excluding hydrogens is 196 g/mol. The molecule has 2 heteroatoms. The first kappa shape index (κ1) is 11.0. The zero-order valence-electron chi connectivity index (χ0n) is 9.82. The number of aryl methyl sites for hydroxylation is 1. The highest BCUT2D eigenvalue weighted by Gasteiger charge is 2.19. The highest BCUT2D eigenvalue weighted by Crippen LogP contribution is 2.26. The van der Waals surface area contributed by atoms with Gasteiger partial charge in [0.05, 0.1) is 6.07 Å². The second-order valence-corrected chi connectivity index (χ2v) is 4.58. The molecule has 0 N–H and O–H groups in total. The normalized spacial score (nSPS) is 17.1. The minimum absolute atomic E-state index is 0.616. The Morgan fingerprint density at radius 3 is 2.62 bits per heavy atom. The monoisotopic (exact) mass is 214 g/mol. The van der Waals surface area contributed by atoms with Crippen molar-refractivity contribution < 1.29 is 0 Å². The lowest BCUT2D eigenvalue weighted by atomic mass is 9.93. The Hall–Kier alpha value is -1.49. The molecule has 0 atom stereocenters. The zero-order chi connectivity index (χ0) is 11.4. The van der Waals surface area contributed by atoms with Crippen LogP contribution in [0.4, 0.5) is 5.69 Å². The first-order valence-electron chi connectivity index (χ1n) is 5.99. The number of anilines is 1. The molecule has 1 saturated heterocycles. The molecule has 0 aliphatic carbocycles. The Bertz CT molecular complexity index is 384. The molecule has 0 aromatic heterocycles. The zero-order valence-corrected chi connectivity index (χ0v) is 9.82. The van der Waals surface area contributed by atoms with E-state index in [1.807, 2.05) is 0 Å². The molecule has 1 aliphatic rings. The highest BCUT2D eigenvalue weighted by atomic mass is 15.1. The van der Waals surface area contributed by atoms with Crippen LogP contribution in [0.2, 0.25) is 0 Å². The average molecular weight is 214 g/mol. The van der Waals surface area contributed by atoms with E-state index in [1.165, 1.54) is 11.3 Å². The Labute approximate surface area is 97.5 Å². The second-order valence-electron chi connectivity index (χ2n) is 4.58. The van der Waals surface area contributed by atoms with E-state index in [0.717, 1.165) is 32.4 Å². The van der Waals surface area contributed by atoms with Gasteiger partial charge in [0.25, 0.3) is 0 Å². The van der Waals surface area contributed by atoms with Crippen molar-refractivity contribution in [2.24, 2.45) is 5.92 Å². The van der Waals surface area contributed by atoms with Crippen LogP contribution in [-0.4, -0.2) is 13.1 Å². The Morgan fingerprint density at radius 1 is 1.31 bits per heavy atom. The summed E-state index contributed by atoms with van der Waals surface area (Å²) in [5, 5.41) is 8.68. The van der Waals surface area contributed by atoms with E-state index in [1.54, 1.807) is 0 Å². The summed E-state index contributed by atoms with van der Waals surface area (Å²) < 4.78 is 0. The number of para-hydroxylation sites is 1. The number of benzene rings is 1. The maximum atomic E-state index is 8.68. The van der Waals surface area contributed by atoms with Gasteiger partial charge in [-0.1, -0.05) is 18.2 Å². The molecular formula is C14H18N2. The van der Waals surface area contributed by atoms with E-state index in [2.05, 4.69) is 42.2 Å². The van der Waals surface area contributed by atoms with Gasteiger partial charge in [-0.25, -0.2) is 0 Å². The van der Waals surface area contributed by atoms with Crippen LogP contribution in [0.15, 0.2) is 24.3 Å². The van der Waals surface area contributed by atoms with Gasteiger partial charge in [0.15, 0.2) is 0 Å². The molecule has 0 amide bonds. The number of nitriles is 1. The van der Waals surface area contributed by atoms with Gasteiger partial charge in [0.1, 0.15) is 0 Å². The van der Waals surface area contributed by atoms with Crippen molar-refractivity contribution >= 4 is 5.69 Å². The fourth-order valence-corrected chi connectivity index (χ4v) is 2.43. The topological polar surface area (TPSA) is 27.0 Å². The summed E-state index contributed by atoms with van der Waals surface area (Å²) in [6.45, 7) is 4.35. The summed E-state index contributed by atoms with van der Waals surface area (Å²) in [6, 6.07) is 10.8. The van der Waals surface area contributed by atoms with Crippen LogP contribution in [0, 0.1) is 24.2 Å². The average Bonchev–Trinajstić information content (AvgIpc) is 2.31. The highest BCUT2D eigenvalue weighted by molar-refractivity contribution is 5.53. The lowest BCUT2D eigenvalue weighted by molar-refractivity contribution is 0.412. The molecule has 2 nitrogen and oxygen atoms in total. The van der Waals surface area contributed by atoms with E-state index >= 15 is 0 Å². The SMILES string of the molecule is Cc1ccccc1N1CCC(CC#N)CC1. The van der Waals surface area contributed by atoms with Crippen molar-refractivity contribution in [3.05, 3.63) is 29.8 Å². The third-order valence-corrected chi connectivity index (χ3v) is 3.45. The van der Waals surface area contributed by atoms with Gasteiger partial charge < -0.3 is 4.90 Å². The van der Waals surface area contributed by atoms with Crippen molar-refractivity contribution in [3.8, 4) is 6.07 Å². The lowest BCUT2D eigenvalue weighted by Gasteiger charge is -2.33. The predicted octanol–water partition coefficient (Wildman–Crippen LogP) is 3.13. The first-order chi connectivity index (χ1) is 7.81. The third kappa shape index (κ3) is 2.36. The minimum atomic E-state index is 0.616. The van der Waals surface area contributed by atoms with E-state index in [-0.39, 0.29) is 0 Å². The predicted molar refractivity (Wildman–Crippen MR) is 66.3 cm³/mol. The molecule has 0 spiro atoms. The number of hydrogen-bond donors (Lipinski definition) is 0. The van der Waals surface area contributed by atoms with Gasteiger partial charge in [-0.05, 0) is 37.3 Å². The van der Waals surface area contributed by atoms with Gasteiger partial charge >= 0.3 is 0 Å². The van der Waals surface area contributed by atoms with Crippen LogP contribution in [-0.2, 0) is 0 Å². The van der Waals surface area contributed by atoms with Crippen molar-refractivity contribution in [3.63, 3.8) is 0 Å².